The van der Waals surface area contributed by atoms with Crippen LogP contribution in [0.2, 0.25) is 0 Å². The summed E-state index contributed by atoms with van der Waals surface area (Å²) in [6, 6.07) is 8.78. The summed E-state index contributed by atoms with van der Waals surface area (Å²) in [6.07, 6.45) is 0.869. The summed E-state index contributed by atoms with van der Waals surface area (Å²) >= 11 is 0. The summed E-state index contributed by atoms with van der Waals surface area (Å²) in [4.78, 5) is 39.5. The first-order valence-corrected chi connectivity index (χ1v) is 15.4. The fraction of sp³-hybridized carbons (Fsp3) is 0.606. The van der Waals surface area contributed by atoms with Crippen LogP contribution in [0.25, 0.3) is 0 Å². The van der Waals surface area contributed by atoms with E-state index in [-0.39, 0.29) is 41.8 Å². The molecule has 4 heterocycles. The van der Waals surface area contributed by atoms with Gasteiger partial charge in [-0.05, 0) is 33.8 Å². The van der Waals surface area contributed by atoms with E-state index in [4.69, 9.17) is 9.47 Å². The van der Waals surface area contributed by atoms with E-state index < -0.39 is 16.9 Å². The van der Waals surface area contributed by atoms with E-state index in [1.807, 2.05) is 41.5 Å². The fourth-order valence-electron chi connectivity index (χ4n) is 6.34. The van der Waals surface area contributed by atoms with Crippen LogP contribution in [-0.2, 0) is 25.6 Å². The maximum Gasteiger partial charge on any atom is 0.410 e. The molecule has 2 aromatic rings. The Labute approximate surface area is 259 Å². The first-order valence-electron chi connectivity index (χ1n) is 15.4. The second-order valence-electron chi connectivity index (χ2n) is 13.9. The molecule has 0 radical (unpaired) electrons. The molecule has 0 spiro atoms. The molecule has 11 heteroatoms. The zero-order valence-electron chi connectivity index (χ0n) is 26.7. The summed E-state index contributed by atoms with van der Waals surface area (Å²) < 4.78 is 42.4. The van der Waals surface area contributed by atoms with E-state index in [0.29, 0.717) is 50.8 Å². The highest BCUT2D eigenvalue weighted by Crippen LogP contribution is 2.43. The van der Waals surface area contributed by atoms with E-state index in [1.54, 1.807) is 28.0 Å². The minimum atomic E-state index is -3.26. The van der Waals surface area contributed by atoms with Crippen LogP contribution in [0, 0.1) is 0 Å². The van der Waals surface area contributed by atoms with Crippen LogP contribution < -0.4 is 4.90 Å². The Morgan fingerprint density at radius 1 is 1.07 bits per heavy atom. The fourth-order valence-corrected chi connectivity index (χ4v) is 6.34. The van der Waals surface area contributed by atoms with Gasteiger partial charge in [0, 0.05) is 74.1 Å². The van der Waals surface area contributed by atoms with Crippen molar-refractivity contribution >= 4 is 17.7 Å². The van der Waals surface area contributed by atoms with Crippen molar-refractivity contribution in [1.82, 2.24) is 19.7 Å². The van der Waals surface area contributed by atoms with Crippen LogP contribution >= 0.6 is 0 Å². The number of carbonyl (C=O) groups is 2. The molecule has 0 N–H and O–H groups in total. The van der Waals surface area contributed by atoms with E-state index in [1.165, 1.54) is 24.4 Å². The summed E-state index contributed by atoms with van der Waals surface area (Å²) in [5.74, 6) is -3.44. The van der Waals surface area contributed by atoms with Gasteiger partial charge in [0.1, 0.15) is 5.60 Å². The molecule has 2 atom stereocenters. The van der Waals surface area contributed by atoms with Gasteiger partial charge in [0.15, 0.2) is 0 Å². The molecule has 0 bridgehead atoms. The lowest BCUT2D eigenvalue weighted by atomic mass is 9.90. The molecule has 3 aliphatic heterocycles. The molecule has 9 nitrogen and oxygen atoms in total. The average molecular weight is 614 g/mol. The second-order valence-corrected chi connectivity index (χ2v) is 13.9. The Bertz CT molecular complexity index is 1340. The smallest absolute Gasteiger partial charge is 0.410 e. The van der Waals surface area contributed by atoms with Gasteiger partial charge in [-0.3, -0.25) is 19.6 Å². The molecule has 2 fully saturated rings. The number of anilines is 1. The molecule has 44 heavy (non-hydrogen) atoms. The lowest BCUT2D eigenvalue weighted by molar-refractivity contribution is -0.121. The van der Waals surface area contributed by atoms with Crippen molar-refractivity contribution in [2.45, 2.75) is 70.6 Å². The van der Waals surface area contributed by atoms with Gasteiger partial charge in [-0.15, -0.1) is 0 Å². The normalized spacial score (nSPS) is 23.0. The van der Waals surface area contributed by atoms with Crippen LogP contribution in [0.1, 0.15) is 58.4 Å². The Morgan fingerprint density at radius 2 is 1.75 bits per heavy atom. The number of hydrogen-bond acceptors (Lipinski definition) is 7. The lowest BCUT2D eigenvalue weighted by Gasteiger charge is -2.47. The van der Waals surface area contributed by atoms with E-state index in [0.717, 1.165) is 13.1 Å². The number of benzene rings is 1. The number of aromatic nitrogens is 1. The summed E-state index contributed by atoms with van der Waals surface area (Å²) in [6.45, 7) is 16.3. The first-order chi connectivity index (χ1) is 20.7. The van der Waals surface area contributed by atoms with Crippen LogP contribution in [0.15, 0.2) is 42.6 Å². The number of fused-ring (bicyclic) bond motifs is 1. The van der Waals surface area contributed by atoms with Crippen LogP contribution in [0.5, 0.6) is 0 Å². The largest absolute Gasteiger partial charge is 0.444 e. The molecule has 240 valence electrons. The molecule has 0 saturated carbocycles. The number of piperazine rings is 1. The van der Waals surface area contributed by atoms with Crippen LogP contribution in [0.3, 0.4) is 0 Å². The molecule has 0 aliphatic carbocycles. The molecular weight excluding hydrogens is 568 g/mol. The maximum absolute atomic E-state index is 15.6. The van der Waals surface area contributed by atoms with Gasteiger partial charge < -0.3 is 19.3 Å². The van der Waals surface area contributed by atoms with Gasteiger partial charge >= 0.3 is 6.09 Å². The van der Waals surface area contributed by atoms with Gasteiger partial charge in [0.25, 0.3) is 5.92 Å². The number of pyridine rings is 1. The molecule has 1 aromatic carbocycles. The number of rotatable bonds is 6. The second kappa shape index (κ2) is 12.3. The van der Waals surface area contributed by atoms with Crippen molar-refractivity contribution in [1.29, 1.82) is 0 Å². The number of morpholine rings is 1. The van der Waals surface area contributed by atoms with E-state index in [9.17, 15) is 9.59 Å². The predicted molar refractivity (Wildman–Crippen MR) is 164 cm³/mol. The summed E-state index contributed by atoms with van der Waals surface area (Å²) in [5, 5.41) is 0. The third kappa shape index (κ3) is 6.89. The van der Waals surface area contributed by atoms with Crippen molar-refractivity contribution in [3.8, 4) is 0 Å². The monoisotopic (exact) mass is 613 g/mol. The summed E-state index contributed by atoms with van der Waals surface area (Å²) in [5.41, 5.74) is -0.433. The number of ether oxygens (including phenoxy) is 2. The van der Waals surface area contributed by atoms with E-state index >= 15 is 8.78 Å². The number of halogens is 2. The zero-order chi connectivity index (χ0) is 31.9. The Hall–Kier alpha value is -3.15. The highest BCUT2D eigenvalue weighted by molar-refractivity contribution is 5.97. The number of hydrogen-bond donors (Lipinski definition) is 0. The SMILES string of the molecule is C[C@@H]1CN(CC(=O)N2CC(C)(C)c3ncc(C(F)(F)c4ccccc4)cc32)[C@@H](CN2CCOCC2)CN1C(=O)OC(C)(C)C. The highest BCUT2D eigenvalue weighted by atomic mass is 19.3. The molecule has 0 unspecified atom stereocenters. The first kappa shape index (κ1) is 32.2. The van der Waals surface area contributed by atoms with Gasteiger partial charge in [-0.2, -0.15) is 8.78 Å². The van der Waals surface area contributed by atoms with Crippen molar-refractivity contribution in [2.24, 2.45) is 0 Å². The predicted octanol–water partition coefficient (Wildman–Crippen LogP) is 4.49. The zero-order valence-corrected chi connectivity index (χ0v) is 26.7. The van der Waals surface area contributed by atoms with Crippen molar-refractivity contribution < 1.29 is 27.8 Å². The van der Waals surface area contributed by atoms with Gasteiger partial charge in [0.2, 0.25) is 5.91 Å². The molecule has 2 amide bonds. The summed E-state index contributed by atoms with van der Waals surface area (Å²) in [7, 11) is 0. The number of alkyl halides is 2. The van der Waals surface area contributed by atoms with E-state index in [2.05, 4.69) is 14.8 Å². The minimum Gasteiger partial charge on any atom is -0.444 e. The average Bonchev–Trinajstić information content (AvgIpc) is 3.24. The quantitative estimate of drug-likeness (QED) is 0.475. The topological polar surface area (TPSA) is 78.5 Å². The highest BCUT2D eigenvalue weighted by Gasteiger charge is 2.44. The molecule has 5 rings (SSSR count). The molecule has 1 aromatic heterocycles. The van der Waals surface area contributed by atoms with Gasteiger partial charge in [0.05, 0.1) is 31.1 Å². The van der Waals surface area contributed by atoms with Crippen LogP contribution in [-0.4, -0.2) is 108 Å². The molecular formula is C33H45F2N5O4. The third-order valence-corrected chi connectivity index (χ3v) is 8.65. The Balaban J connectivity index is 1.39. The number of nitrogens with zero attached hydrogens (tertiary/aromatic N) is 5. The standard InChI is InChI=1S/C33H45F2N5O4/c1-23-18-38(26(19-37-12-14-43-15-13-37)20-39(23)30(42)44-31(2,3)4)21-28(41)40-22-32(5,6)29-27(40)16-25(17-36-29)33(34,35)24-10-8-7-9-11-24/h7-11,16-17,23,26H,12-15,18-22H2,1-6H3/t23-,26+/m1/s1. The van der Waals surface area contributed by atoms with Gasteiger partial charge in [-0.1, -0.05) is 44.2 Å². The molecule has 2 saturated heterocycles. The lowest BCUT2D eigenvalue weighted by Crippen LogP contribution is -2.63. The number of carbonyl (C=O) groups excluding carboxylic acids is 2. The minimum absolute atomic E-state index is 0.0936. The third-order valence-electron chi connectivity index (χ3n) is 8.65. The molecule has 3 aliphatic rings. The number of amides is 2. The van der Waals surface area contributed by atoms with Crippen molar-refractivity contribution in [3.05, 3.63) is 59.4 Å². The Morgan fingerprint density at radius 3 is 2.41 bits per heavy atom. The van der Waals surface area contributed by atoms with Crippen molar-refractivity contribution in [3.63, 3.8) is 0 Å². The van der Waals surface area contributed by atoms with Gasteiger partial charge in [-0.25, -0.2) is 4.79 Å². The maximum atomic E-state index is 15.6. The van der Waals surface area contributed by atoms with Crippen molar-refractivity contribution in [2.75, 3.05) is 63.9 Å². The Kier molecular flexibility index (Phi) is 9.04. The van der Waals surface area contributed by atoms with Crippen LogP contribution in [0.4, 0.5) is 19.3 Å².